The minimum Gasteiger partial charge on any atom is -0.744 e. The van der Waals surface area contributed by atoms with Gasteiger partial charge in [-0.2, -0.15) is 0 Å². The predicted octanol–water partition coefficient (Wildman–Crippen LogP) is 0.00190. The number of benzene rings is 1. The van der Waals surface area contributed by atoms with Gasteiger partial charge >= 0.3 is 0 Å². The maximum Gasteiger partial charge on any atom is 0.136 e. The van der Waals surface area contributed by atoms with Crippen LogP contribution in [-0.4, -0.2) is 23.2 Å². The molecule has 6 heteroatoms. The van der Waals surface area contributed by atoms with E-state index in [9.17, 15) is 13.0 Å². The van der Waals surface area contributed by atoms with Crippen molar-refractivity contribution in [2.24, 2.45) is 0 Å². The number of aromatic hydroxyl groups is 2. The molecule has 0 aliphatic heterocycles. The molecule has 2 N–H and O–H groups in total. The van der Waals surface area contributed by atoms with Crippen LogP contribution in [0.3, 0.4) is 0 Å². The van der Waals surface area contributed by atoms with Crippen molar-refractivity contribution in [3.05, 3.63) is 18.2 Å². The van der Waals surface area contributed by atoms with E-state index in [-0.39, 0.29) is 5.75 Å². The van der Waals surface area contributed by atoms with E-state index in [0.717, 1.165) is 18.2 Å². The lowest BCUT2D eigenvalue weighted by Crippen LogP contribution is -1.98. The second kappa shape index (κ2) is 2.65. The molecule has 0 heterocycles. The smallest absolute Gasteiger partial charge is 0.136 e. The Morgan fingerprint density at radius 1 is 1.25 bits per heavy atom. The van der Waals surface area contributed by atoms with Crippen molar-refractivity contribution < 1.29 is 23.2 Å². The highest BCUT2D eigenvalue weighted by atomic mass is 32.2. The minimum atomic E-state index is -4.66. The van der Waals surface area contributed by atoms with E-state index in [1.807, 2.05) is 0 Å². The van der Waals surface area contributed by atoms with Gasteiger partial charge in [0.2, 0.25) is 0 Å². The van der Waals surface area contributed by atoms with Crippen LogP contribution in [-0.2, 0) is 10.1 Å². The molecular formula is C6H5O5S-. The molecule has 0 atom stereocenters. The summed E-state index contributed by atoms with van der Waals surface area (Å²) in [6, 6.07) is 2.63. The van der Waals surface area contributed by atoms with Crippen molar-refractivity contribution in [1.82, 2.24) is 0 Å². The summed E-state index contributed by atoms with van der Waals surface area (Å²) in [5.74, 6) is -1.05. The molecule has 0 unspecified atom stereocenters. The molecule has 0 bridgehead atoms. The Morgan fingerprint density at radius 3 is 2.25 bits per heavy atom. The van der Waals surface area contributed by atoms with Gasteiger partial charge in [-0.15, -0.1) is 0 Å². The van der Waals surface area contributed by atoms with Gasteiger partial charge in [0.15, 0.2) is 0 Å². The Bertz CT molecular complexity index is 394. The summed E-state index contributed by atoms with van der Waals surface area (Å²) in [6.07, 6.45) is 0. The Labute approximate surface area is 68.6 Å². The molecule has 0 aliphatic rings. The molecule has 1 rings (SSSR count). The second-order valence-corrected chi connectivity index (χ2v) is 3.45. The fourth-order valence-corrected chi connectivity index (χ4v) is 1.27. The fourth-order valence-electron chi connectivity index (χ4n) is 0.717. The molecule has 5 nitrogen and oxygen atoms in total. The number of phenols is 2. The molecule has 0 saturated heterocycles. The zero-order valence-corrected chi connectivity index (χ0v) is 6.58. The average Bonchev–Trinajstić information content (AvgIpc) is 1.83. The summed E-state index contributed by atoms with van der Waals surface area (Å²) in [7, 11) is -4.66. The molecule has 0 spiro atoms. The average molecular weight is 189 g/mol. The lowest BCUT2D eigenvalue weighted by Gasteiger charge is -2.08. The highest BCUT2D eigenvalue weighted by Crippen LogP contribution is 2.25. The summed E-state index contributed by atoms with van der Waals surface area (Å²) in [4.78, 5) is -0.736. The van der Waals surface area contributed by atoms with Crippen molar-refractivity contribution >= 4 is 10.1 Å². The van der Waals surface area contributed by atoms with Crippen molar-refractivity contribution in [2.75, 3.05) is 0 Å². The van der Waals surface area contributed by atoms with Crippen molar-refractivity contribution in [1.29, 1.82) is 0 Å². The fraction of sp³-hybridized carbons (Fsp3) is 0. The van der Waals surface area contributed by atoms with Crippen LogP contribution < -0.4 is 0 Å². The Hall–Kier alpha value is -1.27. The number of rotatable bonds is 1. The molecular weight excluding hydrogens is 184 g/mol. The second-order valence-electron chi connectivity index (χ2n) is 2.11. The van der Waals surface area contributed by atoms with Crippen molar-refractivity contribution in [2.45, 2.75) is 4.90 Å². The normalized spacial score (nSPS) is 11.4. The van der Waals surface area contributed by atoms with Gasteiger partial charge in [-0.05, 0) is 12.1 Å². The van der Waals surface area contributed by atoms with E-state index in [2.05, 4.69) is 0 Å². The van der Waals surface area contributed by atoms with Gasteiger partial charge in [0.1, 0.15) is 21.6 Å². The van der Waals surface area contributed by atoms with E-state index < -0.39 is 20.8 Å². The van der Waals surface area contributed by atoms with Crippen LogP contribution in [0.5, 0.6) is 11.5 Å². The van der Waals surface area contributed by atoms with Crippen LogP contribution in [0.2, 0.25) is 0 Å². The van der Waals surface area contributed by atoms with Crippen molar-refractivity contribution in [3.8, 4) is 11.5 Å². The standard InChI is InChI=1S/C6H6O5S/c7-4-1-2-6(5(8)3-4)12(9,10)11/h1-3,7-8H,(H,9,10,11)/p-1. The first kappa shape index (κ1) is 8.82. The van der Waals surface area contributed by atoms with Crippen LogP contribution >= 0.6 is 0 Å². The monoisotopic (exact) mass is 189 g/mol. The maximum atomic E-state index is 10.4. The quantitative estimate of drug-likeness (QED) is 0.606. The van der Waals surface area contributed by atoms with Gasteiger partial charge in [0, 0.05) is 6.07 Å². The third kappa shape index (κ3) is 1.66. The minimum absolute atomic E-state index is 0.306. The molecule has 1 aromatic carbocycles. The highest BCUT2D eigenvalue weighted by Gasteiger charge is 2.07. The molecule has 0 fully saturated rings. The zero-order chi connectivity index (χ0) is 9.35. The van der Waals surface area contributed by atoms with Crippen LogP contribution in [0.4, 0.5) is 0 Å². The van der Waals surface area contributed by atoms with Gasteiger partial charge in [-0.3, -0.25) is 0 Å². The molecule has 0 saturated carbocycles. The van der Waals surface area contributed by atoms with Crippen LogP contribution in [0.25, 0.3) is 0 Å². The number of hydrogen-bond acceptors (Lipinski definition) is 5. The van der Waals surface area contributed by atoms with Gasteiger partial charge in [-0.1, -0.05) is 0 Å². The van der Waals surface area contributed by atoms with Crippen LogP contribution in [0.15, 0.2) is 23.1 Å². The number of hydrogen-bond donors (Lipinski definition) is 2. The van der Waals surface area contributed by atoms with Gasteiger partial charge < -0.3 is 14.8 Å². The maximum absolute atomic E-state index is 10.4. The Morgan fingerprint density at radius 2 is 1.83 bits per heavy atom. The van der Waals surface area contributed by atoms with E-state index in [1.165, 1.54) is 0 Å². The first-order valence-electron chi connectivity index (χ1n) is 2.89. The van der Waals surface area contributed by atoms with E-state index in [0.29, 0.717) is 0 Å². The third-order valence-electron chi connectivity index (χ3n) is 1.21. The SMILES string of the molecule is O=S(=O)([O-])c1ccc(O)cc1O. The molecule has 0 amide bonds. The Balaban J connectivity index is 3.39. The van der Waals surface area contributed by atoms with E-state index >= 15 is 0 Å². The van der Waals surface area contributed by atoms with E-state index in [4.69, 9.17) is 10.2 Å². The molecule has 0 aromatic heterocycles. The van der Waals surface area contributed by atoms with Crippen LogP contribution in [0, 0.1) is 0 Å². The summed E-state index contributed by atoms with van der Waals surface area (Å²) < 4.78 is 31.1. The predicted molar refractivity (Wildman–Crippen MR) is 37.7 cm³/mol. The molecule has 66 valence electrons. The lowest BCUT2D eigenvalue weighted by molar-refractivity contribution is 0.426. The first-order valence-corrected chi connectivity index (χ1v) is 4.30. The lowest BCUT2D eigenvalue weighted by atomic mass is 10.3. The molecule has 12 heavy (non-hydrogen) atoms. The van der Waals surface area contributed by atoms with Gasteiger partial charge in [0.05, 0.1) is 4.90 Å². The van der Waals surface area contributed by atoms with Crippen molar-refractivity contribution in [3.63, 3.8) is 0 Å². The van der Waals surface area contributed by atoms with Gasteiger partial charge in [-0.25, -0.2) is 8.42 Å². The molecule has 0 aliphatic carbocycles. The summed E-state index contributed by atoms with van der Waals surface area (Å²) in [6.45, 7) is 0. The van der Waals surface area contributed by atoms with E-state index in [1.54, 1.807) is 0 Å². The Kier molecular flexibility index (Phi) is 1.95. The van der Waals surface area contributed by atoms with Crippen LogP contribution in [0.1, 0.15) is 0 Å². The zero-order valence-electron chi connectivity index (χ0n) is 5.76. The summed E-state index contributed by atoms with van der Waals surface area (Å²) >= 11 is 0. The third-order valence-corrected chi connectivity index (χ3v) is 2.10. The summed E-state index contributed by atoms with van der Waals surface area (Å²) in [5.41, 5.74) is 0. The molecule has 1 aromatic rings. The first-order chi connectivity index (χ1) is 5.41. The highest BCUT2D eigenvalue weighted by molar-refractivity contribution is 7.85. The topological polar surface area (TPSA) is 97.7 Å². The largest absolute Gasteiger partial charge is 0.744 e. The van der Waals surface area contributed by atoms with Gasteiger partial charge in [0.25, 0.3) is 0 Å². The molecule has 0 radical (unpaired) electrons. The number of phenolic OH excluding ortho intramolecular Hbond substituents is 2. The summed E-state index contributed by atoms with van der Waals surface area (Å²) in [5, 5.41) is 17.6.